The Morgan fingerprint density at radius 2 is 1.79 bits per heavy atom. The first-order valence-electron chi connectivity index (χ1n) is 5.77. The average Bonchev–Trinajstić information content (AvgIpc) is 2.92. The van der Waals surface area contributed by atoms with Gasteiger partial charge in [0, 0.05) is 11.3 Å². The SMILES string of the molecule is Nc1c(Cl)cccc1-c1nncn1-c1ccccc1. The number of hydrogen-bond acceptors (Lipinski definition) is 3. The second-order valence-corrected chi connectivity index (χ2v) is 4.47. The molecule has 94 valence electrons. The Hall–Kier alpha value is -2.33. The van der Waals surface area contributed by atoms with Crippen LogP contribution in [0, 0.1) is 0 Å². The molecule has 0 aliphatic rings. The van der Waals surface area contributed by atoms with Gasteiger partial charge in [-0.2, -0.15) is 0 Å². The number of hydrogen-bond donors (Lipinski definition) is 1. The highest BCUT2D eigenvalue weighted by Crippen LogP contribution is 2.31. The summed E-state index contributed by atoms with van der Waals surface area (Å²) in [4.78, 5) is 0. The minimum atomic E-state index is 0.509. The third-order valence-electron chi connectivity index (χ3n) is 2.88. The standard InChI is InChI=1S/C14H11ClN4/c15-12-8-4-7-11(13(12)16)14-18-17-9-19(14)10-5-2-1-3-6-10/h1-9H,16H2. The fourth-order valence-electron chi connectivity index (χ4n) is 1.93. The number of nitrogens with zero attached hydrogens (tertiary/aromatic N) is 3. The van der Waals surface area contributed by atoms with Crippen LogP contribution < -0.4 is 5.73 Å². The first-order chi connectivity index (χ1) is 9.27. The van der Waals surface area contributed by atoms with E-state index in [2.05, 4.69) is 10.2 Å². The van der Waals surface area contributed by atoms with Crippen LogP contribution in [0.1, 0.15) is 0 Å². The maximum absolute atomic E-state index is 6.05. The minimum Gasteiger partial charge on any atom is -0.397 e. The molecule has 0 radical (unpaired) electrons. The van der Waals surface area contributed by atoms with Gasteiger partial charge in [0.2, 0.25) is 0 Å². The van der Waals surface area contributed by atoms with E-state index in [1.807, 2.05) is 47.0 Å². The summed E-state index contributed by atoms with van der Waals surface area (Å²) in [5, 5.41) is 8.61. The summed E-state index contributed by atoms with van der Waals surface area (Å²) in [6.07, 6.45) is 1.66. The number of para-hydroxylation sites is 2. The lowest BCUT2D eigenvalue weighted by molar-refractivity contribution is 1.06. The molecule has 0 bridgehead atoms. The van der Waals surface area contributed by atoms with Crippen LogP contribution >= 0.6 is 11.6 Å². The lowest BCUT2D eigenvalue weighted by Gasteiger charge is -2.09. The third kappa shape index (κ3) is 2.06. The molecule has 19 heavy (non-hydrogen) atoms. The van der Waals surface area contributed by atoms with Gasteiger partial charge in [-0.1, -0.05) is 35.9 Å². The highest BCUT2D eigenvalue weighted by Gasteiger charge is 2.13. The van der Waals surface area contributed by atoms with Crippen molar-refractivity contribution >= 4 is 17.3 Å². The molecule has 0 saturated heterocycles. The summed E-state index contributed by atoms with van der Waals surface area (Å²) in [6.45, 7) is 0. The van der Waals surface area contributed by atoms with Crippen LogP contribution in [0.25, 0.3) is 17.1 Å². The number of halogens is 1. The molecular formula is C14H11ClN4. The highest BCUT2D eigenvalue weighted by atomic mass is 35.5. The lowest BCUT2D eigenvalue weighted by Crippen LogP contribution is -1.99. The van der Waals surface area contributed by atoms with Crippen LogP contribution in [0.5, 0.6) is 0 Å². The second-order valence-electron chi connectivity index (χ2n) is 4.06. The average molecular weight is 271 g/mol. The van der Waals surface area contributed by atoms with Crippen molar-refractivity contribution in [2.75, 3.05) is 5.73 Å². The molecule has 0 aliphatic heterocycles. The van der Waals surface area contributed by atoms with Crippen LogP contribution in [0.2, 0.25) is 5.02 Å². The Labute approximate surface area is 115 Å². The quantitative estimate of drug-likeness (QED) is 0.728. The number of nitrogen functional groups attached to an aromatic ring is 1. The monoisotopic (exact) mass is 270 g/mol. The van der Waals surface area contributed by atoms with E-state index >= 15 is 0 Å². The lowest BCUT2D eigenvalue weighted by atomic mass is 10.1. The smallest absolute Gasteiger partial charge is 0.170 e. The van der Waals surface area contributed by atoms with E-state index in [0.29, 0.717) is 16.5 Å². The van der Waals surface area contributed by atoms with Crippen LogP contribution in [0.15, 0.2) is 54.9 Å². The normalized spacial score (nSPS) is 10.6. The number of rotatable bonds is 2. The van der Waals surface area contributed by atoms with Crippen molar-refractivity contribution in [2.45, 2.75) is 0 Å². The summed E-state index contributed by atoms with van der Waals surface area (Å²) in [5.41, 5.74) is 8.26. The Bertz CT molecular complexity index is 706. The molecule has 3 rings (SSSR count). The van der Waals surface area contributed by atoms with Crippen LogP contribution in [0.3, 0.4) is 0 Å². The number of nitrogens with two attached hydrogens (primary N) is 1. The van der Waals surface area contributed by atoms with E-state index in [1.54, 1.807) is 12.4 Å². The van der Waals surface area contributed by atoms with Gasteiger partial charge >= 0.3 is 0 Å². The molecule has 0 spiro atoms. The van der Waals surface area contributed by atoms with Gasteiger partial charge in [-0.15, -0.1) is 10.2 Å². The van der Waals surface area contributed by atoms with Crippen molar-refractivity contribution in [2.24, 2.45) is 0 Å². The van der Waals surface area contributed by atoms with Crippen LogP contribution in [0.4, 0.5) is 5.69 Å². The van der Waals surface area contributed by atoms with Gasteiger partial charge in [-0.3, -0.25) is 4.57 Å². The summed E-state index contributed by atoms with van der Waals surface area (Å²) < 4.78 is 1.88. The van der Waals surface area contributed by atoms with Crippen LogP contribution in [-0.2, 0) is 0 Å². The molecule has 4 nitrogen and oxygen atoms in total. The Balaban J connectivity index is 2.18. The van der Waals surface area contributed by atoms with Gasteiger partial charge in [0.15, 0.2) is 5.82 Å². The van der Waals surface area contributed by atoms with E-state index in [0.717, 1.165) is 11.3 Å². The zero-order chi connectivity index (χ0) is 13.2. The maximum Gasteiger partial charge on any atom is 0.170 e. The van der Waals surface area contributed by atoms with Gasteiger partial charge in [0.05, 0.1) is 10.7 Å². The van der Waals surface area contributed by atoms with Crippen molar-refractivity contribution in [3.8, 4) is 17.1 Å². The third-order valence-corrected chi connectivity index (χ3v) is 3.21. The number of anilines is 1. The molecule has 0 aliphatic carbocycles. The van der Waals surface area contributed by atoms with Crippen molar-refractivity contribution in [1.29, 1.82) is 0 Å². The van der Waals surface area contributed by atoms with Crippen molar-refractivity contribution < 1.29 is 0 Å². The fourth-order valence-corrected chi connectivity index (χ4v) is 2.10. The molecule has 0 unspecified atom stereocenters. The summed E-state index contributed by atoms with van der Waals surface area (Å²) >= 11 is 6.05. The van der Waals surface area contributed by atoms with E-state index in [4.69, 9.17) is 17.3 Å². The number of benzene rings is 2. The van der Waals surface area contributed by atoms with Gasteiger partial charge in [-0.05, 0) is 24.3 Å². The molecule has 5 heteroatoms. The molecule has 0 amide bonds. The Morgan fingerprint density at radius 1 is 1.00 bits per heavy atom. The van der Waals surface area contributed by atoms with E-state index in [1.165, 1.54) is 0 Å². The molecule has 0 atom stereocenters. The first kappa shape index (κ1) is 11.7. The molecule has 2 N–H and O–H groups in total. The predicted molar refractivity (Wildman–Crippen MR) is 76.2 cm³/mol. The van der Waals surface area contributed by atoms with E-state index in [9.17, 15) is 0 Å². The zero-order valence-electron chi connectivity index (χ0n) is 9.99. The molecule has 2 aromatic carbocycles. The summed E-state index contributed by atoms with van der Waals surface area (Å²) in [7, 11) is 0. The molecular weight excluding hydrogens is 260 g/mol. The topological polar surface area (TPSA) is 56.7 Å². The van der Waals surface area contributed by atoms with Gasteiger partial charge in [-0.25, -0.2) is 0 Å². The Kier molecular flexibility index (Phi) is 2.93. The largest absolute Gasteiger partial charge is 0.397 e. The van der Waals surface area contributed by atoms with E-state index in [-0.39, 0.29) is 0 Å². The predicted octanol–water partition coefficient (Wildman–Crippen LogP) is 3.17. The molecule has 1 aromatic heterocycles. The number of aromatic nitrogens is 3. The summed E-state index contributed by atoms with van der Waals surface area (Å²) in [5.74, 6) is 0.672. The van der Waals surface area contributed by atoms with Gasteiger partial charge in [0.25, 0.3) is 0 Å². The molecule has 1 heterocycles. The molecule has 0 saturated carbocycles. The summed E-state index contributed by atoms with van der Waals surface area (Å²) in [6, 6.07) is 15.3. The molecule has 3 aromatic rings. The maximum atomic E-state index is 6.05. The van der Waals surface area contributed by atoms with Gasteiger partial charge < -0.3 is 5.73 Å². The van der Waals surface area contributed by atoms with Crippen molar-refractivity contribution in [3.05, 3.63) is 59.9 Å². The Morgan fingerprint density at radius 3 is 2.58 bits per heavy atom. The second kappa shape index (κ2) is 4.74. The zero-order valence-corrected chi connectivity index (χ0v) is 10.7. The fraction of sp³-hybridized carbons (Fsp3) is 0. The van der Waals surface area contributed by atoms with Gasteiger partial charge in [0.1, 0.15) is 6.33 Å². The van der Waals surface area contributed by atoms with Crippen molar-refractivity contribution in [3.63, 3.8) is 0 Å². The van der Waals surface area contributed by atoms with E-state index < -0.39 is 0 Å². The molecule has 0 fully saturated rings. The van der Waals surface area contributed by atoms with Crippen LogP contribution in [-0.4, -0.2) is 14.8 Å². The highest BCUT2D eigenvalue weighted by molar-refractivity contribution is 6.33. The minimum absolute atomic E-state index is 0.509. The van der Waals surface area contributed by atoms with Crippen molar-refractivity contribution in [1.82, 2.24) is 14.8 Å². The first-order valence-corrected chi connectivity index (χ1v) is 6.15.